The molecule has 0 amide bonds. The summed E-state index contributed by atoms with van der Waals surface area (Å²) < 4.78 is 21.1. The average molecular weight is 276 g/mol. The van der Waals surface area contributed by atoms with Gasteiger partial charge in [0, 0.05) is 12.2 Å². The Hall–Kier alpha value is -1.95. The molecule has 1 saturated heterocycles. The summed E-state index contributed by atoms with van der Waals surface area (Å²) in [6, 6.07) is 4.98. The number of aromatic nitrogens is 3. The van der Waals surface area contributed by atoms with Crippen molar-refractivity contribution in [2.45, 2.75) is 32.0 Å². The van der Waals surface area contributed by atoms with Crippen LogP contribution in [0.5, 0.6) is 0 Å². The van der Waals surface area contributed by atoms with E-state index in [2.05, 4.69) is 22.3 Å². The van der Waals surface area contributed by atoms with E-state index in [1.54, 1.807) is 6.07 Å². The molecular weight excluding hydrogens is 259 g/mol. The minimum absolute atomic E-state index is 0.211. The highest BCUT2D eigenvalue weighted by Crippen LogP contribution is 2.21. The third kappa shape index (κ3) is 2.80. The molecule has 1 aromatic heterocycles. The Morgan fingerprint density at radius 1 is 1.45 bits per heavy atom. The SMILES string of the molecule is CC1CCC(CNc2ccc(-n3cncn3)c(F)c2)O1. The molecular formula is C14H17FN4O. The lowest BCUT2D eigenvalue weighted by atomic mass is 10.2. The van der Waals surface area contributed by atoms with Crippen LogP contribution >= 0.6 is 0 Å². The average Bonchev–Trinajstić information content (AvgIpc) is 3.08. The van der Waals surface area contributed by atoms with E-state index in [1.807, 2.05) is 6.07 Å². The predicted molar refractivity (Wildman–Crippen MR) is 73.4 cm³/mol. The second kappa shape index (κ2) is 5.58. The van der Waals surface area contributed by atoms with Crippen molar-refractivity contribution in [2.75, 3.05) is 11.9 Å². The van der Waals surface area contributed by atoms with Crippen LogP contribution in [-0.2, 0) is 4.74 Å². The number of rotatable bonds is 4. The Bertz CT molecular complexity index is 573. The summed E-state index contributed by atoms with van der Waals surface area (Å²) in [5, 5.41) is 7.13. The van der Waals surface area contributed by atoms with E-state index >= 15 is 0 Å². The molecule has 0 aliphatic carbocycles. The number of halogens is 1. The van der Waals surface area contributed by atoms with E-state index in [1.165, 1.54) is 23.4 Å². The summed E-state index contributed by atoms with van der Waals surface area (Å²) in [6.45, 7) is 2.78. The first-order valence-corrected chi connectivity index (χ1v) is 6.76. The Balaban J connectivity index is 1.65. The molecule has 1 N–H and O–H groups in total. The van der Waals surface area contributed by atoms with Gasteiger partial charge < -0.3 is 10.1 Å². The number of hydrogen-bond donors (Lipinski definition) is 1. The first kappa shape index (κ1) is 13.1. The molecule has 2 unspecified atom stereocenters. The van der Waals surface area contributed by atoms with E-state index in [0.29, 0.717) is 18.3 Å². The van der Waals surface area contributed by atoms with Gasteiger partial charge in [0.1, 0.15) is 18.3 Å². The van der Waals surface area contributed by atoms with E-state index in [4.69, 9.17) is 4.74 Å². The summed E-state index contributed by atoms with van der Waals surface area (Å²) in [5.41, 5.74) is 1.13. The van der Waals surface area contributed by atoms with Gasteiger partial charge >= 0.3 is 0 Å². The fourth-order valence-corrected chi connectivity index (χ4v) is 2.40. The summed E-state index contributed by atoms with van der Waals surface area (Å²) in [5.74, 6) is -0.332. The van der Waals surface area contributed by atoms with Crippen LogP contribution in [0.15, 0.2) is 30.9 Å². The normalized spacial score (nSPS) is 22.1. The number of benzene rings is 1. The Morgan fingerprint density at radius 3 is 3.00 bits per heavy atom. The Kier molecular flexibility index (Phi) is 3.64. The van der Waals surface area contributed by atoms with Crippen molar-refractivity contribution in [1.82, 2.24) is 14.8 Å². The van der Waals surface area contributed by atoms with Crippen LogP contribution < -0.4 is 5.32 Å². The maximum Gasteiger partial charge on any atom is 0.150 e. The Morgan fingerprint density at radius 2 is 2.35 bits per heavy atom. The second-order valence-corrected chi connectivity index (χ2v) is 5.03. The fourth-order valence-electron chi connectivity index (χ4n) is 2.40. The summed E-state index contributed by atoms with van der Waals surface area (Å²) >= 11 is 0. The first-order valence-electron chi connectivity index (χ1n) is 6.76. The van der Waals surface area contributed by atoms with Gasteiger partial charge in [-0.3, -0.25) is 0 Å². The molecule has 5 nitrogen and oxygen atoms in total. The van der Waals surface area contributed by atoms with E-state index < -0.39 is 0 Å². The molecule has 20 heavy (non-hydrogen) atoms. The van der Waals surface area contributed by atoms with Gasteiger partial charge in [0.2, 0.25) is 0 Å². The largest absolute Gasteiger partial charge is 0.382 e. The molecule has 0 radical (unpaired) electrons. The van der Waals surface area contributed by atoms with Crippen molar-refractivity contribution in [3.8, 4) is 5.69 Å². The highest BCUT2D eigenvalue weighted by atomic mass is 19.1. The molecule has 1 aliphatic rings. The lowest BCUT2D eigenvalue weighted by Gasteiger charge is -2.13. The lowest BCUT2D eigenvalue weighted by Crippen LogP contribution is -2.19. The van der Waals surface area contributed by atoms with Crippen molar-refractivity contribution in [3.63, 3.8) is 0 Å². The third-order valence-electron chi connectivity index (χ3n) is 3.47. The van der Waals surface area contributed by atoms with Crippen LogP contribution in [0.2, 0.25) is 0 Å². The summed E-state index contributed by atoms with van der Waals surface area (Å²) in [6.07, 6.45) is 5.53. The van der Waals surface area contributed by atoms with E-state index in [-0.39, 0.29) is 11.9 Å². The van der Waals surface area contributed by atoms with Crippen molar-refractivity contribution in [2.24, 2.45) is 0 Å². The fraction of sp³-hybridized carbons (Fsp3) is 0.429. The molecule has 1 fully saturated rings. The van der Waals surface area contributed by atoms with Crippen LogP contribution in [0.4, 0.5) is 10.1 Å². The zero-order chi connectivity index (χ0) is 13.9. The molecule has 106 valence electrons. The quantitative estimate of drug-likeness (QED) is 0.931. The molecule has 1 aromatic carbocycles. The predicted octanol–water partition coefficient (Wildman–Crippen LogP) is 2.39. The molecule has 2 heterocycles. The van der Waals surface area contributed by atoms with Gasteiger partial charge in [0.25, 0.3) is 0 Å². The highest BCUT2D eigenvalue weighted by molar-refractivity contribution is 5.49. The van der Waals surface area contributed by atoms with Crippen molar-refractivity contribution in [3.05, 3.63) is 36.7 Å². The van der Waals surface area contributed by atoms with Crippen LogP contribution in [0.3, 0.4) is 0 Å². The first-order chi connectivity index (χ1) is 9.72. The maximum absolute atomic E-state index is 14.0. The Labute approximate surface area is 116 Å². The van der Waals surface area contributed by atoms with Gasteiger partial charge in [-0.05, 0) is 38.0 Å². The summed E-state index contributed by atoms with van der Waals surface area (Å²) in [4.78, 5) is 3.81. The molecule has 1 aliphatic heterocycles. The lowest BCUT2D eigenvalue weighted by molar-refractivity contribution is 0.0637. The van der Waals surface area contributed by atoms with Crippen molar-refractivity contribution in [1.29, 1.82) is 0 Å². The zero-order valence-electron chi connectivity index (χ0n) is 11.3. The molecule has 0 saturated carbocycles. The second-order valence-electron chi connectivity index (χ2n) is 5.03. The van der Waals surface area contributed by atoms with Gasteiger partial charge in [-0.1, -0.05) is 0 Å². The zero-order valence-corrected chi connectivity index (χ0v) is 11.3. The van der Waals surface area contributed by atoms with E-state index in [9.17, 15) is 4.39 Å². The van der Waals surface area contributed by atoms with Gasteiger partial charge in [0.15, 0.2) is 5.82 Å². The molecule has 3 rings (SSSR count). The summed E-state index contributed by atoms with van der Waals surface area (Å²) in [7, 11) is 0. The number of nitrogens with zero attached hydrogens (tertiary/aromatic N) is 3. The van der Waals surface area contributed by atoms with E-state index in [0.717, 1.165) is 18.5 Å². The molecule has 6 heteroatoms. The topological polar surface area (TPSA) is 52.0 Å². The van der Waals surface area contributed by atoms with Gasteiger partial charge in [0.05, 0.1) is 12.2 Å². The minimum atomic E-state index is -0.332. The van der Waals surface area contributed by atoms with Gasteiger partial charge in [-0.15, -0.1) is 0 Å². The van der Waals surface area contributed by atoms with Gasteiger partial charge in [-0.2, -0.15) is 5.10 Å². The number of nitrogens with one attached hydrogen (secondary N) is 1. The number of ether oxygens (including phenoxy) is 1. The molecule has 0 spiro atoms. The van der Waals surface area contributed by atoms with Crippen molar-refractivity contribution >= 4 is 5.69 Å². The van der Waals surface area contributed by atoms with Crippen LogP contribution in [0, 0.1) is 5.82 Å². The van der Waals surface area contributed by atoms with Crippen LogP contribution in [-0.4, -0.2) is 33.5 Å². The molecule has 0 bridgehead atoms. The van der Waals surface area contributed by atoms with Crippen molar-refractivity contribution < 1.29 is 9.13 Å². The smallest absolute Gasteiger partial charge is 0.150 e. The highest BCUT2D eigenvalue weighted by Gasteiger charge is 2.21. The van der Waals surface area contributed by atoms with Gasteiger partial charge in [-0.25, -0.2) is 14.1 Å². The number of anilines is 1. The third-order valence-corrected chi connectivity index (χ3v) is 3.47. The standard InChI is InChI=1S/C14H17FN4O/c1-10-2-4-12(20-10)7-17-11-3-5-14(13(15)6-11)19-9-16-8-18-19/h3,5-6,8-10,12,17H,2,4,7H2,1H3. The maximum atomic E-state index is 14.0. The monoisotopic (exact) mass is 276 g/mol. The minimum Gasteiger partial charge on any atom is -0.382 e. The molecule has 2 atom stereocenters. The van der Waals surface area contributed by atoms with Crippen LogP contribution in [0.1, 0.15) is 19.8 Å². The molecule has 2 aromatic rings. The number of hydrogen-bond acceptors (Lipinski definition) is 4. The van der Waals surface area contributed by atoms with Crippen LogP contribution in [0.25, 0.3) is 5.69 Å².